The second-order valence-corrected chi connectivity index (χ2v) is 4.37. The Balaban J connectivity index is 2.29. The molecule has 2 nitrogen and oxygen atoms in total. The van der Waals surface area contributed by atoms with Crippen molar-refractivity contribution in [2.24, 2.45) is 5.41 Å². The van der Waals surface area contributed by atoms with Gasteiger partial charge in [0, 0.05) is 18.4 Å². The molecule has 1 rings (SSSR count). The Hall–Kier alpha value is -0.370. The minimum absolute atomic E-state index is 0.0479. The zero-order valence-corrected chi connectivity index (χ0v) is 8.86. The third-order valence-electron chi connectivity index (χ3n) is 3.05. The van der Waals surface area contributed by atoms with Crippen molar-refractivity contribution in [1.82, 2.24) is 5.32 Å². The lowest BCUT2D eigenvalue weighted by atomic mass is 9.82. The van der Waals surface area contributed by atoms with Crippen LogP contribution in [-0.4, -0.2) is 18.9 Å². The van der Waals surface area contributed by atoms with E-state index in [0.29, 0.717) is 5.78 Å². The van der Waals surface area contributed by atoms with Crippen LogP contribution in [0.15, 0.2) is 0 Å². The lowest BCUT2D eigenvalue weighted by Gasteiger charge is -2.20. The first-order chi connectivity index (χ1) is 6.19. The van der Waals surface area contributed by atoms with Crippen LogP contribution >= 0.6 is 0 Å². The standard InChI is InChI=1S/C11H21NO/c1-3-4-5-6-10(13)11(2)7-8-12-9-11/h12H,3-9H2,1-2H3. The summed E-state index contributed by atoms with van der Waals surface area (Å²) in [6.45, 7) is 6.17. The van der Waals surface area contributed by atoms with E-state index in [9.17, 15) is 4.79 Å². The lowest BCUT2D eigenvalue weighted by molar-refractivity contribution is -0.127. The number of rotatable bonds is 5. The summed E-state index contributed by atoms with van der Waals surface area (Å²) in [7, 11) is 0. The van der Waals surface area contributed by atoms with Gasteiger partial charge in [0.05, 0.1) is 0 Å². The van der Waals surface area contributed by atoms with E-state index in [1.165, 1.54) is 12.8 Å². The number of hydrogen-bond donors (Lipinski definition) is 1. The van der Waals surface area contributed by atoms with Gasteiger partial charge < -0.3 is 5.32 Å². The quantitative estimate of drug-likeness (QED) is 0.662. The SMILES string of the molecule is CCCCCC(=O)C1(C)CCNC1. The topological polar surface area (TPSA) is 29.1 Å². The van der Waals surface area contributed by atoms with Crippen LogP contribution < -0.4 is 5.32 Å². The highest BCUT2D eigenvalue weighted by Gasteiger charge is 2.34. The molecule has 0 saturated carbocycles. The Morgan fingerprint density at radius 1 is 1.46 bits per heavy atom. The third-order valence-corrected chi connectivity index (χ3v) is 3.05. The van der Waals surface area contributed by atoms with E-state index in [2.05, 4.69) is 19.2 Å². The number of carbonyl (C=O) groups excluding carboxylic acids is 1. The maximum absolute atomic E-state index is 11.8. The molecule has 1 aliphatic rings. The molecule has 1 unspecified atom stereocenters. The van der Waals surface area contributed by atoms with Crippen molar-refractivity contribution in [2.45, 2.75) is 46.0 Å². The highest BCUT2D eigenvalue weighted by molar-refractivity contribution is 5.85. The monoisotopic (exact) mass is 183 g/mol. The Bertz CT molecular complexity index is 171. The molecule has 1 fully saturated rings. The molecular formula is C11H21NO. The first-order valence-electron chi connectivity index (χ1n) is 5.43. The normalized spacial score (nSPS) is 27.8. The Morgan fingerprint density at radius 3 is 2.77 bits per heavy atom. The van der Waals surface area contributed by atoms with Gasteiger partial charge in [0.15, 0.2) is 0 Å². The van der Waals surface area contributed by atoms with Gasteiger partial charge in [0.1, 0.15) is 5.78 Å². The second kappa shape index (κ2) is 4.75. The average molecular weight is 183 g/mol. The first-order valence-corrected chi connectivity index (χ1v) is 5.43. The summed E-state index contributed by atoms with van der Waals surface area (Å²) < 4.78 is 0. The number of carbonyl (C=O) groups is 1. The highest BCUT2D eigenvalue weighted by Crippen LogP contribution is 2.27. The molecule has 1 atom stereocenters. The summed E-state index contributed by atoms with van der Waals surface area (Å²) in [6.07, 6.45) is 5.27. The molecule has 0 aromatic rings. The average Bonchev–Trinajstić information content (AvgIpc) is 2.54. The number of unbranched alkanes of at least 4 members (excludes halogenated alkanes) is 2. The van der Waals surface area contributed by atoms with E-state index < -0.39 is 0 Å². The van der Waals surface area contributed by atoms with Crippen molar-refractivity contribution in [3.63, 3.8) is 0 Å². The number of ketones is 1. The molecule has 1 N–H and O–H groups in total. The molecular weight excluding hydrogens is 162 g/mol. The van der Waals surface area contributed by atoms with Crippen LogP contribution in [0.3, 0.4) is 0 Å². The zero-order valence-electron chi connectivity index (χ0n) is 8.86. The Kier molecular flexibility index (Phi) is 3.91. The fourth-order valence-electron chi connectivity index (χ4n) is 1.89. The summed E-state index contributed by atoms with van der Waals surface area (Å²) in [5.41, 5.74) is -0.0479. The van der Waals surface area contributed by atoms with Gasteiger partial charge in [0.25, 0.3) is 0 Å². The molecule has 13 heavy (non-hydrogen) atoms. The fourth-order valence-corrected chi connectivity index (χ4v) is 1.89. The van der Waals surface area contributed by atoms with Gasteiger partial charge in [-0.3, -0.25) is 4.79 Å². The van der Waals surface area contributed by atoms with E-state index in [0.717, 1.165) is 32.4 Å². The van der Waals surface area contributed by atoms with Crippen molar-refractivity contribution < 1.29 is 4.79 Å². The second-order valence-electron chi connectivity index (χ2n) is 4.37. The minimum atomic E-state index is -0.0479. The molecule has 0 aliphatic carbocycles. The Labute approximate surface area is 81.1 Å². The van der Waals surface area contributed by atoms with Crippen LogP contribution in [0.2, 0.25) is 0 Å². The van der Waals surface area contributed by atoms with Gasteiger partial charge in [-0.05, 0) is 19.4 Å². The minimum Gasteiger partial charge on any atom is -0.316 e. The van der Waals surface area contributed by atoms with E-state index >= 15 is 0 Å². The van der Waals surface area contributed by atoms with Crippen molar-refractivity contribution in [3.8, 4) is 0 Å². The first kappa shape index (κ1) is 10.7. The summed E-state index contributed by atoms with van der Waals surface area (Å²) >= 11 is 0. The van der Waals surface area contributed by atoms with Crippen LogP contribution in [0, 0.1) is 5.41 Å². The third kappa shape index (κ3) is 2.80. The number of nitrogens with one attached hydrogen (secondary N) is 1. The molecule has 0 radical (unpaired) electrons. The van der Waals surface area contributed by atoms with Crippen molar-refractivity contribution in [3.05, 3.63) is 0 Å². The molecule has 0 spiro atoms. The predicted molar refractivity (Wildman–Crippen MR) is 54.7 cm³/mol. The van der Waals surface area contributed by atoms with Crippen LogP contribution in [0.1, 0.15) is 46.0 Å². The molecule has 0 amide bonds. The van der Waals surface area contributed by atoms with Crippen molar-refractivity contribution in [2.75, 3.05) is 13.1 Å². The maximum Gasteiger partial charge on any atom is 0.140 e. The van der Waals surface area contributed by atoms with Crippen molar-refractivity contribution >= 4 is 5.78 Å². The molecule has 1 heterocycles. The van der Waals surface area contributed by atoms with Gasteiger partial charge in [-0.25, -0.2) is 0 Å². The number of Topliss-reactive ketones (excluding diaryl/α,β-unsaturated/α-hetero) is 1. The highest BCUT2D eigenvalue weighted by atomic mass is 16.1. The largest absolute Gasteiger partial charge is 0.316 e. The maximum atomic E-state index is 11.8. The number of hydrogen-bond acceptors (Lipinski definition) is 2. The fraction of sp³-hybridized carbons (Fsp3) is 0.909. The Morgan fingerprint density at radius 2 is 2.23 bits per heavy atom. The molecule has 1 aliphatic heterocycles. The summed E-state index contributed by atoms with van der Waals surface area (Å²) in [5.74, 6) is 0.464. The summed E-state index contributed by atoms with van der Waals surface area (Å²) in [6, 6.07) is 0. The van der Waals surface area contributed by atoms with E-state index in [4.69, 9.17) is 0 Å². The van der Waals surface area contributed by atoms with Crippen molar-refractivity contribution in [1.29, 1.82) is 0 Å². The molecule has 1 saturated heterocycles. The molecule has 0 aromatic carbocycles. The van der Waals surface area contributed by atoms with E-state index in [1.807, 2.05) is 0 Å². The van der Waals surface area contributed by atoms with Gasteiger partial charge in [-0.1, -0.05) is 26.7 Å². The van der Waals surface area contributed by atoms with E-state index in [-0.39, 0.29) is 5.41 Å². The molecule has 0 bridgehead atoms. The van der Waals surface area contributed by atoms with Gasteiger partial charge in [-0.15, -0.1) is 0 Å². The predicted octanol–water partition coefficient (Wildman–Crippen LogP) is 2.14. The smallest absolute Gasteiger partial charge is 0.140 e. The molecule has 2 heteroatoms. The van der Waals surface area contributed by atoms with Gasteiger partial charge in [-0.2, -0.15) is 0 Å². The molecule has 0 aromatic heterocycles. The van der Waals surface area contributed by atoms with Crippen LogP contribution in [0.4, 0.5) is 0 Å². The van der Waals surface area contributed by atoms with E-state index in [1.54, 1.807) is 0 Å². The summed E-state index contributed by atoms with van der Waals surface area (Å²) in [4.78, 5) is 11.8. The molecule has 76 valence electrons. The van der Waals surface area contributed by atoms with Crippen LogP contribution in [0.5, 0.6) is 0 Å². The summed E-state index contributed by atoms with van der Waals surface area (Å²) in [5, 5.41) is 3.26. The lowest BCUT2D eigenvalue weighted by Crippen LogP contribution is -2.29. The zero-order chi connectivity index (χ0) is 9.73. The van der Waals surface area contributed by atoms with Crippen LogP contribution in [-0.2, 0) is 4.79 Å². The van der Waals surface area contributed by atoms with Gasteiger partial charge in [0.2, 0.25) is 0 Å². The van der Waals surface area contributed by atoms with Crippen LogP contribution in [0.25, 0.3) is 0 Å². The van der Waals surface area contributed by atoms with Gasteiger partial charge >= 0.3 is 0 Å².